The zero-order valence-electron chi connectivity index (χ0n) is 8.65. The molecule has 0 aromatic heterocycles. The summed E-state index contributed by atoms with van der Waals surface area (Å²) in [6, 6.07) is 8.56. The smallest absolute Gasteiger partial charge is 0.267 e. The molecule has 0 N–H and O–H groups in total. The Labute approximate surface area is 83.9 Å². The van der Waals surface area contributed by atoms with Crippen LogP contribution in [0.5, 0.6) is 0 Å². The van der Waals surface area contributed by atoms with Crippen LogP contribution in [0.3, 0.4) is 0 Å². The zero-order chi connectivity index (χ0) is 10.8. The molecule has 1 radical (unpaired) electrons. The van der Waals surface area contributed by atoms with E-state index in [1.807, 2.05) is 6.07 Å². The van der Waals surface area contributed by atoms with Gasteiger partial charge in [-0.1, -0.05) is 23.4 Å². The molecule has 1 aromatic carbocycles. The molecule has 0 atom stereocenters. The Kier molecular flexibility index (Phi) is 2.91. The van der Waals surface area contributed by atoms with Gasteiger partial charge >= 0.3 is 0 Å². The number of hydroxylamine groups is 2. The van der Waals surface area contributed by atoms with Crippen LogP contribution in [0.4, 0.5) is 0 Å². The molecule has 0 fully saturated rings. The number of amides is 1. The summed E-state index contributed by atoms with van der Waals surface area (Å²) in [6.07, 6.45) is 0. The van der Waals surface area contributed by atoms with Crippen LogP contribution in [0.15, 0.2) is 30.3 Å². The van der Waals surface area contributed by atoms with Gasteiger partial charge in [-0.25, -0.2) is 0 Å². The topological polar surface area (TPSA) is 40.2 Å². The van der Waals surface area contributed by atoms with E-state index in [0.29, 0.717) is 10.6 Å². The van der Waals surface area contributed by atoms with Crippen molar-refractivity contribution in [3.05, 3.63) is 35.9 Å². The molecular formula is C11H14NO2. The molecule has 0 aliphatic rings. The van der Waals surface area contributed by atoms with Crippen LogP contribution < -0.4 is 0 Å². The monoisotopic (exact) mass is 192 g/mol. The molecule has 0 saturated heterocycles. The number of carbonyl (C=O) groups is 1. The Morgan fingerprint density at radius 2 is 1.64 bits per heavy atom. The first-order valence-corrected chi connectivity index (χ1v) is 4.49. The predicted octanol–water partition coefficient (Wildman–Crippen LogP) is 2.27. The third-order valence-electron chi connectivity index (χ3n) is 1.81. The number of rotatable bonds is 1. The third kappa shape index (κ3) is 2.33. The maximum Gasteiger partial charge on any atom is 0.280 e. The van der Waals surface area contributed by atoms with Gasteiger partial charge in [0.15, 0.2) is 0 Å². The van der Waals surface area contributed by atoms with Crippen molar-refractivity contribution in [2.24, 2.45) is 0 Å². The van der Waals surface area contributed by atoms with Crippen LogP contribution in [0.25, 0.3) is 0 Å². The summed E-state index contributed by atoms with van der Waals surface area (Å²) < 4.78 is 0. The maximum absolute atomic E-state index is 11.6. The summed E-state index contributed by atoms with van der Waals surface area (Å²) in [6.45, 7) is 5.13. The quantitative estimate of drug-likeness (QED) is 0.629. The molecule has 75 valence electrons. The average molecular weight is 192 g/mol. The van der Waals surface area contributed by atoms with Crippen LogP contribution in [0.1, 0.15) is 31.1 Å². The van der Waals surface area contributed by atoms with E-state index in [2.05, 4.69) is 0 Å². The Bertz CT molecular complexity index is 314. The summed E-state index contributed by atoms with van der Waals surface area (Å²) in [4.78, 5) is 11.6. The van der Waals surface area contributed by atoms with Gasteiger partial charge in [-0.05, 0) is 32.9 Å². The van der Waals surface area contributed by atoms with Crippen LogP contribution in [-0.4, -0.2) is 16.5 Å². The summed E-state index contributed by atoms with van der Waals surface area (Å²) in [5, 5.41) is 12.0. The SMILES string of the molecule is CC(C)(C)N([O])C(=O)c1ccccc1. The van der Waals surface area contributed by atoms with Crippen molar-refractivity contribution in [3.8, 4) is 0 Å². The van der Waals surface area contributed by atoms with Gasteiger partial charge < -0.3 is 0 Å². The molecule has 14 heavy (non-hydrogen) atoms. The van der Waals surface area contributed by atoms with Gasteiger partial charge in [-0.3, -0.25) is 4.79 Å². The largest absolute Gasteiger partial charge is 0.280 e. The first kappa shape index (κ1) is 10.7. The fraction of sp³-hybridized carbons (Fsp3) is 0.364. The minimum atomic E-state index is -0.688. The second-order valence-corrected chi connectivity index (χ2v) is 4.14. The van der Waals surface area contributed by atoms with Gasteiger partial charge in [-0.2, -0.15) is 5.06 Å². The van der Waals surface area contributed by atoms with E-state index < -0.39 is 11.4 Å². The molecule has 0 bridgehead atoms. The van der Waals surface area contributed by atoms with Gasteiger partial charge in [0.05, 0.1) is 5.54 Å². The molecule has 0 unspecified atom stereocenters. The van der Waals surface area contributed by atoms with Crippen molar-refractivity contribution in [2.45, 2.75) is 26.3 Å². The molecule has 0 spiro atoms. The predicted molar refractivity (Wildman–Crippen MR) is 53.1 cm³/mol. The molecule has 3 heteroatoms. The van der Waals surface area contributed by atoms with E-state index >= 15 is 0 Å². The normalized spacial score (nSPS) is 11.1. The lowest BCUT2D eigenvalue weighted by Crippen LogP contribution is -2.41. The molecule has 1 aromatic rings. The summed E-state index contributed by atoms with van der Waals surface area (Å²) in [7, 11) is 0. The van der Waals surface area contributed by atoms with E-state index in [0.717, 1.165) is 0 Å². The molecule has 0 saturated carbocycles. The molecule has 0 aliphatic heterocycles. The fourth-order valence-corrected chi connectivity index (χ4v) is 1.00. The van der Waals surface area contributed by atoms with Crippen molar-refractivity contribution in [1.29, 1.82) is 0 Å². The highest BCUT2D eigenvalue weighted by molar-refractivity contribution is 5.93. The molecule has 0 heterocycles. The molecule has 1 rings (SSSR count). The molecular weight excluding hydrogens is 178 g/mol. The lowest BCUT2D eigenvalue weighted by atomic mass is 10.1. The van der Waals surface area contributed by atoms with Crippen molar-refractivity contribution in [2.75, 3.05) is 0 Å². The standard InChI is InChI=1S/C11H14NO2/c1-11(2,3)12(14)10(13)9-7-5-4-6-8-9/h4-8H,1-3H3. The Morgan fingerprint density at radius 3 is 2.07 bits per heavy atom. The van der Waals surface area contributed by atoms with E-state index in [9.17, 15) is 10.0 Å². The van der Waals surface area contributed by atoms with Gasteiger partial charge in [0.25, 0.3) is 5.91 Å². The second kappa shape index (κ2) is 3.80. The highest BCUT2D eigenvalue weighted by atomic mass is 16.5. The average Bonchev–Trinajstić information content (AvgIpc) is 2.15. The minimum Gasteiger partial charge on any atom is -0.267 e. The van der Waals surface area contributed by atoms with E-state index in [4.69, 9.17) is 0 Å². The third-order valence-corrected chi connectivity index (χ3v) is 1.81. The zero-order valence-corrected chi connectivity index (χ0v) is 8.65. The first-order chi connectivity index (χ1) is 6.43. The highest BCUT2D eigenvalue weighted by Gasteiger charge is 2.27. The second-order valence-electron chi connectivity index (χ2n) is 4.14. The lowest BCUT2D eigenvalue weighted by molar-refractivity contribution is -0.169. The van der Waals surface area contributed by atoms with Gasteiger partial charge in [0.1, 0.15) is 0 Å². The number of carbonyl (C=O) groups excluding carboxylic acids is 1. The summed E-state index contributed by atoms with van der Waals surface area (Å²) >= 11 is 0. The Balaban J connectivity index is 2.87. The van der Waals surface area contributed by atoms with Crippen LogP contribution in [0, 0.1) is 0 Å². The van der Waals surface area contributed by atoms with Crippen molar-refractivity contribution in [1.82, 2.24) is 5.06 Å². The van der Waals surface area contributed by atoms with E-state index in [1.165, 1.54) is 0 Å². The molecule has 1 amide bonds. The molecule has 3 nitrogen and oxygen atoms in total. The van der Waals surface area contributed by atoms with Crippen LogP contribution >= 0.6 is 0 Å². The van der Waals surface area contributed by atoms with Crippen molar-refractivity contribution < 1.29 is 10.0 Å². The maximum atomic E-state index is 11.6. The van der Waals surface area contributed by atoms with Crippen LogP contribution in [0.2, 0.25) is 0 Å². The first-order valence-electron chi connectivity index (χ1n) is 4.49. The Morgan fingerprint density at radius 1 is 1.14 bits per heavy atom. The summed E-state index contributed by atoms with van der Waals surface area (Å²) in [5.74, 6) is -0.488. The van der Waals surface area contributed by atoms with Crippen LogP contribution in [-0.2, 0) is 5.21 Å². The highest BCUT2D eigenvalue weighted by Crippen LogP contribution is 2.14. The van der Waals surface area contributed by atoms with Gasteiger partial charge in [0.2, 0.25) is 0 Å². The summed E-state index contributed by atoms with van der Waals surface area (Å²) in [5.41, 5.74) is -0.259. The van der Waals surface area contributed by atoms with Gasteiger partial charge in [-0.15, -0.1) is 0 Å². The van der Waals surface area contributed by atoms with Crippen molar-refractivity contribution in [3.63, 3.8) is 0 Å². The number of hydrogen-bond acceptors (Lipinski definition) is 1. The van der Waals surface area contributed by atoms with Gasteiger partial charge in [0, 0.05) is 5.56 Å². The lowest BCUT2D eigenvalue weighted by Gasteiger charge is -2.26. The molecule has 0 aliphatic carbocycles. The number of benzene rings is 1. The fourth-order valence-electron chi connectivity index (χ4n) is 1.00. The van der Waals surface area contributed by atoms with E-state index in [1.54, 1.807) is 45.0 Å². The number of hydrogen-bond donors (Lipinski definition) is 0. The Hall–Kier alpha value is -1.35. The van der Waals surface area contributed by atoms with Crippen molar-refractivity contribution >= 4 is 5.91 Å². The minimum absolute atomic E-state index is 0.428. The van der Waals surface area contributed by atoms with E-state index in [-0.39, 0.29) is 0 Å². The number of nitrogens with zero attached hydrogens (tertiary/aromatic N) is 1.